The van der Waals surface area contributed by atoms with E-state index in [1.54, 1.807) is 24.0 Å². The second kappa shape index (κ2) is 6.47. The smallest absolute Gasteiger partial charge is 0.409 e. The minimum Gasteiger partial charge on any atom is -0.478 e. The fourth-order valence-corrected chi connectivity index (χ4v) is 2.49. The van der Waals surface area contributed by atoms with E-state index < -0.39 is 5.97 Å². The van der Waals surface area contributed by atoms with Crippen LogP contribution in [-0.4, -0.2) is 54.9 Å². The van der Waals surface area contributed by atoms with Crippen molar-refractivity contribution in [1.82, 2.24) is 4.90 Å². The third-order valence-corrected chi connectivity index (χ3v) is 3.59. The number of piperazine rings is 1. The van der Waals surface area contributed by atoms with Gasteiger partial charge in [-0.2, -0.15) is 0 Å². The summed E-state index contributed by atoms with van der Waals surface area (Å²) in [5.74, 6) is -0.920. The van der Waals surface area contributed by atoms with Crippen molar-refractivity contribution >= 4 is 17.7 Å². The van der Waals surface area contributed by atoms with E-state index in [9.17, 15) is 9.59 Å². The van der Waals surface area contributed by atoms with Crippen LogP contribution in [0.4, 0.5) is 10.5 Å². The lowest BCUT2D eigenvalue weighted by Gasteiger charge is -2.36. The van der Waals surface area contributed by atoms with E-state index >= 15 is 0 Å². The van der Waals surface area contributed by atoms with Crippen LogP contribution in [0.25, 0.3) is 0 Å². The molecule has 0 atom stereocenters. The minimum absolute atomic E-state index is 0.268. The van der Waals surface area contributed by atoms with E-state index in [1.165, 1.54) is 0 Å². The molecule has 0 radical (unpaired) electrons. The number of anilines is 1. The van der Waals surface area contributed by atoms with E-state index in [4.69, 9.17) is 9.84 Å². The number of nitrogens with zero attached hydrogens (tertiary/aromatic N) is 2. The lowest BCUT2D eigenvalue weighted by molar-refractivity contribution is 0.0696. The van der Waals surface area contributed by atoms with Gasteiger partial charge < -0.3 is 19.6 Å². The highest BCUT2D eigenvalue weighted by Crippen LogP contribution is 2.23. The Bertz CT molecular complexity index is 536. The maximum absolute atomic E-state index is 11.6. The summed E-state index contributed by atoms with van der Waals surface area (Å²) in [6.07, 6.45) is -0.268. The zero-order valence-electron chi connectivity index (χ0n) is 12.3. The molecule has 0 unspecified atom stereocenters. The standard InChI is InChI=1S/C15H20N2O4/c1-3-21-15(20)17-8-6-16(7-9-17)13-5-4-12(14(18)19)10-11(13)2/h4-5,10H,3,6-9H2,1-2H3,(H,18,19). The summed E-state index contributed by atoms with van der Waals surface area (Å²) in [5, 5.41) is 8.99. The molecule has 2 rings (SSSR count). The van der Waals surface area contributed by atoms with Crippen molar-refractivity contribution in [3.05, 3.63) is 29.3 Å². The van der Waals surface area contributed by atoms with Crippen LogP contribution in [0.5, 0.6) is 0 Å². The molecule has 1 aromatic carbocycles. The molecule has 21 heavy (non-hydrogen) atoms. The molecule has 1 heterocycles. The third kappa shape index (κ3) is 3.45. The van der Waals surface area contributed by atoms with Crippen LogP contribution in [0.1, 0.15) is 22.8 Å². The number of carbonyl (C=O) groups is 2. The maximum Gasteiger partial charge on any atom is 0.409 e. The molecule has 0 spiro atoms. The van der Waals surface area contributed by atoms with Gasteiger partial charge in [-0.25, -0.2) is 9.59 Å². The highest BCUT2D eigenvalue weighted by Gasteiger charge is 2.23. The Morgan fingerprint density at radius 2 is 1.90 bits per heavy atom. The molecule has 114 valence electrons. The van der Waals surface area contributed by atoms with Crippen molar-refractivity contribution in [1.29, 1.82) is 0 Å². The maximum atomic E-state index is 11.6. The summed E-state index contributed by atoms with van der Waals surface area (Å²) in [7, 11) is 0. The fraction of sp³-hybridized carbons (Fsp3) is 0.467. The Balaban J connectivity index is 2.02. The molecule has 1 amide bonds. The molecule has 0 bridgehead atoms. The molecule has 0 aromatic heterocycles. The molecule has 6 heteroatoms. The highest BCUT2D eigenvalue weighted by atomic mass is 16.6. The van der Waals surface area contributed by atoms with Crippen molar-refractivity contribution in [2.24, 2.45) is 0 Å². The van der Waals surface area contributed by atoms with Gasteiger partial charge in [0.1, 0.15) is 0 Å². The molecular formula is C15H20N2O4. The largest absolute Gasteiger partial charge is 0.478 e. The van der Waals surface area contributed by atoms with Gasteiger partial charge in [0, 0.05) is 31.9 Å². The topological polar surface area (TPSA) is 70.1 Å². The first kappa shape index (κ1) is 15.2. The van der Waals surface area contributed by atoms with Gasteiger partial charge in [-0.3, -0.25) is 0 Å². The van der Waals surface area contributed by atoms with Gasteiger partial charge in [-0.1, -0.05) is 0 Å². The molecule has 1 fully saturated rings. The number of hydrogen-bond acceptors (Lipinski definition) is 4. The first-order chi connectivity index (χ1) is 10.0. The van der Waals surface area contributed by atoms with E-state index in [2.05, 4.69) is 4.90 Å². The normalized spacial score (nSPS) is 15.0. The second-order valence-electron chi connectivity index (χ2n) is 4.98. The quantitative estimate of drug-likeness (QED) is 0.922. The van der Waals surface area contributed by atoms with Crippen LogP contribution in [-0.2, 0) is 4.74 Å². The van der Waals surface area contributed by atoms with Gasteiger partial charge in [0.05, 0.1) is 12.2 Å². The van der Waals surface area contributed by atoms with Gasteiger partial charge in [0.15, 0.2) is 0 Å². The number of amides is 1. The number of benzene rings is 1. The molecule has 1 aromatic rings. The summed E-state index contributed by atoms with van der Waals surface area (Å²) in [4.78, 5) is 26.5. The van der Waals surface area contributed by atoms with Gasteiger partial charge in [-0.15, -0.1) is 0 Å². The zero-order chi connectivity index (χ0) is 15.4. The summed E-state index contributed by atoms with van der Waals surface area (Å²) in [5.41, 5.74) is 2.24. The summed E-state index contributed by atoms with van der Waals surface area (Å²) in [6, 6.07) is 5.12. The van der Waals surface area contributed by atoms with E-state index in [0.29, 0.717) is 38.3 Å². The van der Waals surface area contributed by atoms with Crippen molar-refractivity contribution in [3.63, 3.8) is 0 Å². The van der Waals surface area contributed by atoms with Gasteiger partial charge >= 0.3 is 12.1 Å². The number of carboxylic acids is 1. The average molecular weight is 292 g/mol. The van der Waals surface area contributed by atoms with Crippen LogP contribution in [0, 0.1) is 6.92 Å². The van der Waals surface area contributed by atoms with Crippen LogP contribution in [0.3, 0.4) is 0 Å². The minimum atomic E-state index is -0.920. The Kier molecular flexibility index (Phi) is 4.67. The number of carbonyl (C=O) groups excluding carboxylic acids is 1. The molecule has 0 saturated carbocycles. The Labute approximate surface area is 123 Å². The summed E-state index contributed by atoms with van der Waals surface area (Å²) in [6.45, 7) is 6.73. The lowest BCUT2D eigenvalue weighted by Crippen LogP contribution is -2.49. The average Bonchev–Trinajstić information content (AvgIpc) is 2.47. The monoisotopic (exact) mass is 292 g/mol. The van der Waals surface area contributed by atoms with E-state index in [1.807, 2.05) is 13.0 Å². The second-order valence-corrected chi connectivity index (χ2v) is 4.98. The predicted octanol–water partition coefficient (Wildman–Crippen LogP) is 1.97. The van der Waals surface area contributed by atoms with Crippen LogP contribution >= 0.6 is 0 Å². The van der Waals surface area contributed by atoms with Gasteiger partial charge in [-0.05, 0) is 37.6 Å². The Morgan fingerprint density at radius 1 is 1.24 bits per heavy atom. The van der Waals surface area contributed by atoms with Gasteiger partial charge in [0.2, 0.25) is 0 Å². The third-order valence-electron chi connectivity index (χ3n) is 3.59. The molecular weight excluding hydrogens is 272 g/mol. The Hall–Kier alpha value is -2.24. The first-order valence-electron chi connectivity index (χ1n) is 7.03. The lowest BCUT2D eigenvalue weighted by atomic mass is 10.1. The molecule has 1 aliphatic rings. The number of aryl methyl sites for hydroxylation is 1. The number of hydrogen-bond donors (Lipinski definition) is 1. The number of ether oxygens (including phenoxy) is 1. The first-order valence-corrected chi connectivity index (χ1v) is 7.03. The highest BCUT2D eigenvalue weighted by molar-refractivity contribution is 5.88. The molecule has 6 nitrogen and oxygen atoms in total. The summed E-state index contributed by atoms with van der Waals surface area (Å²) >= 11 is 0. The Morgan fingerprint density at radius 3 is 2.43 bits per heavy atom. The van der Waals surface area contributed by atoms with Crippen molar-refractivity contribution in [2.45, 2.75) is 13.8 Å². The SMILES string of the molecule is CCOC(=O)N1CCN(c2ccc(C(=O)O)cc2C)CC1. The van der Waals surface area contributed by atoms with Crippen LogP contribution in [0.2, 0.25) is 0 Å². The van der Waals surface area contributed by atoms with Gasteiger partial charge in [0.25, 0.3) is 0 Å². The molecule has 1 aliphatic heterocycles. The number of aromatic carboxylic acids is 1. The predicted molar refractivity (Wildman–Crippen MR) is 78.9 cm³/mol. The molecule has 0 aliphatic carbocycles. The van der Waals surface area contributed by atoms with Crippen molar-refractivity contribution in [3.8, 4) is 0 Å². The van der Waals surface area contributed by atoms with E-state index in [0.717, 1.165) is 11.3 Å². The fourth-order valence-electron chi connectivity index (χ4n) is 2.49. The molecule has 1 saturated heterocycles. The number of rotatable bonds is 3. The molecule has 1 N–H and O–H groups in total. The summed E-state index contributed by atoms with van der Waals surface area (Å²) < 4.78 is 4.99. The van der Waals surface area contributed by atoms with Crippen molar-refractivity contribution in [2.75, 3.05) is 37.7 Å². The van der Waals surface area contributed by atoms with E-state index in [-0.39, 0.29) is 6.09 Å². The van der Waals surface area contributed by atoms with Crippen LogP contribution < -0.4 is 4.90 Å². The van der Waals surface area contributed by atoms with Crippen molar-refractivity contribution < 1.29 is 19.4 Å². The zero-order valence-corrected chi connectivity index (χ0v) is 12.3. The number of carboxylic acid groups (broad SMARTS) is 1. The van der Waals surface area contributed by atoms with Crippen LogP contribution in [0.15, 0.2) is 18.2 Å².